The lowest BCUT2D eigenvalue weighted by molar-refractivity contribution is -0.122. The quantitative estimate of drug-likeness (QED) is 0.937. The molecule has 0 radical (unpaired) electrons. The lowest BCUT2D eigenvalue weighted by Crippen LogP contribution is -2.28. The van der Waals surface area contributed by atoms with Crippen LogP contribution in [0.2, 0.25) is 0 Å². The third kappa shape index (κ3) is 2.99. The van der Waals surface area contributed by atoms with Crippen molar-refractivity contribution in [3.05, 3.63) is 35.3 Å². The van der Waals surface area contributed by atoms with Crippen LogP contribution in [0.15, 0.2) is 30.3 Å². The van der Waals surface area contributed by atoms with Gasteiger partial charge < -0.3 is 10.2 Å². The summed E-state index contributed by atoms with van der Waals surface area (Å²) in [6.07, 6.45) is 1.01. The van der Waals surface area contributed by atoms with E-state index >= 15 is 0 Å². The standard InChI is InChI=1S/C15H16N4O2S/c1-2-12-17-18-15(22-12)16-14(21)10-8-13(20)19(9-10)11-6-4-3-5-7-11/h3-7,10H,2,8-9H2,1H3,(H,16,18,21). The van der Waals surface area contributed by atoms with Crippen LogP contribution < -0.4 is 10.2 Å². The fourth-order valence-corrected chi connectivity index (χ4v) is 3.08. The smallest absolute Gasteiger partial charge is 0.231 e. The molecule has 1 aliphatic heterocycles. The number of aryl methyl sites for hydroxylation is 1. The number of rotatable bonds is 4. The second kappa shape index (κ2) is 6.23. The molecule has 1 aromatic heterocycles. The highest BCUT2D eigenvalue weighted by Crippen LogP contribution is 2.26. The fraction of sp³-hybridized carbons (Fsp3) is 0.333. The zero-order chi connectivity index (χ0) is 15.5. The summed E-state index contributed by atoms with van der Waals surface area (Å²) in [5.41, 5.74) is 0.826. The van der Waals surface area contributed by atoms with Gasteiger partial charge in [-0.1, -0.05) is 36.5 Å². The molecule has 2 heterocycles. The lowest BCUT2D eigenvalue weighted by Gasteiger charge is -2.16. The molecule has 3 rings (SSSR count). The summed E-state index contributed by atoms with van der Waals surface area (Å²) in [7, 11) is 0. The largest absolute Gasteiger partial charge is 0.312 e. The van der Waals surface area contributed by atoms with E-state index in [-0.39, 0.29) is 24.2 Å². The Morgan fingerprint density at radius 2 is 2.14 bits per heavy atom. The molecule has 22 heavy (non-hydrogen) atoms. The number of anilines is 2. The van der Waals surface area contributed by atoms with E-state index in [9.17, 15) is 9.59 Å². The number of carbonyl (C=O) groups is 2. The van der Waals surface area contributed by atoms with Crippen molar-refractivity contribution in [2.45, 2.75) is 19.8 Å². The lowest BCUT2D eigenvalue weighted by atomic mass is 10.1. The number of aromatic nitrogens is 2. The molecule has 2 amide bonds. The van der Waals surface area contributed by atoms with Crippen LogP contribution in [0.4, 0.5) is 10.8 Å². The van der Waals surface area contributed by atoms with Gasteiger partial charge in [0.2, 0.25) is 16.9 Å². The number of nitrogens with zero attached hydrogens (tertiary/aromatic N) is 3. The minimum atomic E-state index is -0.360. The molecule has 6 nitrogen and oxygen atoms in total. The second-order valence-electron chi connectivity index (χ2n) is 5.08. The molecule has 1 aromatic carbocycles. The minimum absolute atomic E-state index is 0.0298. The number of amides is 2. The summed E-state index contributed by atoms with van der Waals surface area (Å²) < 4.78 is 0. The van der Waals surface area contributed by atoms with Crippen LogP contribution in [-0.4, -0.2) is 28.6 Å². The molecule has 1 unspecified atom stereocenters. The van der Waals surface area contributed by atoms with Crippen molar-refractivity contribution in [3.63, 3.8) is 0 Å². The highest BCUT2D eigenvalue weighted by atomic mass is 32.1. The molecule has 0 aliphatic carbocycles. The number of hydrogen-bond donors (Lipinski definition) is 1. The topological polar surface area (TPSA) is 75.2 Å². The van der Waals surface area contributed by atoms with Gasteiger partial charge >= 0.3 is 0 Å². The zero-order valence-electron chi connectivity index (χ0n) is 12.2. The number of benzene rings is 1. The first-order valence-electron chi connectivity index (χ1n) is 7.16. The van der Waals surface area contributed by atoms with Crippen LogP contribution in [-0.2, 0) is 16.0 Å². The van der Waals surface area contributed by atoms with Gasteiger partial charge in [-0.15, -0.1) is 10.2 Å². The Labute approximate surface area is 132 Å². The van der Waals surface area contributed by atoms with Crippen LogP contribution in [0.5, 0.6) is 0 Å². The van der Waals surface area contributed by atoms with Crippen LogP contribution in [0.1, 0.15) is 18.4 Å². The molecule has 1 N–H and O–H groups in total. The van der Waals surface area contributed by atoms with Gasteiger partial charge in [0.25, 0.3) is 0 Å². The van der Waals surface area contributed by atoms with E-state index in [1.807, 2.05) is 37.3 Å². The van der Waals surface area contributed by atoms with Gasteiger partial charge in [0.1, 0.15) is 5.01 Å². The molecule has 1 aliphatic rings. The Kier molecular flexibility index (Phi) is 4.15. The average Bonchev–Trinajstić information content (AvgIpc) is 3.14. The number of hydrogen-bond acceptors (Lipinski definition) is 5. The maximum absolute atomic E-state index is 12.3. The van der Waals surface area contributed by atoms with Gasteiger partial charge in [0.15, 0.2) is 0 Å². The van der Waals surface area contributed by atoms with Gasteiger partial charge in [-0.25, -0.2) is 0 Å². The van der Waals surface area contributed by atoms with Crippen molar-refractivity contribution in [2.75, 3.05) is 16.8 Å². The van der Waals surface area contributed by atoms with Crippen molar-refractivity contribution in [2.24, 2.45) is 5.92 Å². The van der Waals surface area contributed by atoms with Crippen LogP contribution in [0, 0.1) is 5.92 Å². The van der Waals surface area contributed by atoms with E-state index in [2.05, 4.69) is 15.5 Å². The Balaban J connectivity index is 1.66. The Hall–Kier alpha value is -2.28. The first-order chi connectivity index (χ1) is 10.7. The van der Waals surface area contributed by atoms with E-state index in [0.717, 1.165) is 17.1 Å². The molecule has 0 bridgehead atoms. The van der Waals surface area contributed by atoms with Gasteiger partial charge in [0.05, 0.1) is 5.92 Å². The highest BCUT2D eigenvalue weighted by molar-refractivity contribution is 7.15. The van der Waals surface area contributed by atoms with Gasteiger partial charge in [-0.2, -0.15) is 0 Å². The minimum Gasteiger partial charge on any atom is -0.312 e. The Morgan fingerprint density at radius 1 is 1.36 bits per heavy atom. The molecule has 0 saturated carbocycles. The molecule has 114 valence electrons. The summed E-state index contributed by atoms with van der Waals surface area (Å²) in [6.45, 7) is 2.38. The molecule has 7 heteroatoms. The van der Waals surface area contributed by atoms with Crippen LogP contribution in [0.3, 0.4) is 0 Å². The van der Waals surface area contributed by atoms with E-state index in [1.165, 1.54) is 11.3 Å². The normalized spacial score (nSPS) is 17.8. The number of para-hydroxylation sites is 1. The third-order valence-electron chi connectivity index (χ3n) is 3.56. The van der Waals surface area contributed by atoms with E-state index in [0.29, 0.717) is 11.7 Å². The highest BCUT2D eigenvalue weighted by Gasteiger charge is 2.35. The molecule has 1 fully saturated rings. The number of carbonyl (C=O) groups excluding carboxylic acids is 2. The predicted molar refractivity (Wildman–Crippen MR) is 84.8 cm³/mol. The SMILES string of the molecule is CCc1nnc(NC(=O)C2CC(=O)N(c3ccccc3)C2)s1. The van der Waals surface area contributed by atoms with E-state index in [1.54, 1.807) is 4.90 Å². The van der Waals surface area contributed by atoms with E-state index in [4.69, 9.17) is 0 Å². The predicted octanol–water partition coefficient (Wildman–Crippen LogP) is 2.09. The zero-order valence-corrected chi connectivity index (χ0v) is 13.0. The molecule has 2 aromatic rings. The molecule has 0 spiro atoms. The summed E-state index contributed by atoms with van der Waals surface area (Å²) in [5, 5.41) is 12.0. The maximum atomic E-state index is 12.3. The van der Waals surface area contributed by atoms with Crippen molar-refractivity contribution in [1.82, 2.24) is 10.2 Å². The monoisotopic (exact) mass is 316 g/mol. The molecular weight excluding hydrogens is 300 g/mol. The maximum Gasteiger partial charge on any atom is 0.231 e. The third-order valence-corrected chi connectivity index (χ3v) is 4.55. The Morgan fingerprint density at radius 3 is 2.82 bits per heavy atom. The fourth-order valence-electron chi connectivity index (χ4n) is 2.40. The van der Waals surface area contributed by atoms with Crippen molar-refractivity contribution < 1.29 is 9.59 Å². The average molecular weight is 316 g/mol. The Bertz CT molecular complexity index is 686. The molecular formula is C15H16N4O2S. The van der Waals surface area contributed by atoms with Gasteiger partial charge in [-0.05, 0) is 18.6 Å². The summed E-state index contributed by atoms with van der Waals surface area (Å²) in [6, 6.07) is 9.40. The summed E-state index contributed by atoms with van der Waals surface area (Å²) >= 11 is 1.37. The van der Waals surface area contributed by atoms with Crippen LogP contribution in [0.25, 0.3) is 0 Å². The van der Waals surface area contributed by atoms with Crippen molar-refractivity contribution in [1.29, 1.82) is 0 Å². The number of nitrogens with one attached hydrogen (secondary N) is 1. The van der Waals surface area contributed by atoms with E-state index < -0.39 is 0 Å². The van der Waals surface area contributed by atoms with Gasteiger partial charge in [-0.3, -0.25) is 9.59 Å². The second-order valence-corrected chi connectivity index (χ2v) is 6.15. The van der Waals surface area contributed by atoms with Crippen molar-refractivity contribution in [3.8, 4) is 0 Å². The first kappa shape index (κ1) is 14.6. The molecule has 1 atom stereocenters. The summed E-state index contributed by atoms with van der Waals surface area (Å²) in [4.78, 5) is 26.1. The van der Waals surface area contributed by atoms with Crippen molar-refractivity contribution >= 4 is 34.0 Å². The molecule has 1 saturated heterocycles. The van der Waals surface area contributed by atoms with Gasteiger partial charge in [0, 0.05) is 18.7 Å². The van der Waals surface area contributed by atoms with Crippen LogP contribution >= 0.6 is 11.3 Å². The summed E-state index contributed by atoms with van der Waals surface area (Å²) in [5.74, 6) is -0.565. The first-order valence-corrected chi connectivity index (χ1v) is 7.97.